The van der Waals surface area contributed by atoms with Gasteiger partial charge < -0.3 is 4.74 Å². The number of hydrogen-bond acceptors (Lipinski definition) is 3. The van der Waals surface area contributed by atoms with Crippen LogP contribution in [0.5, 0.6) is 5.88 Å². The van der Waals surface area contributed by atoms with Crippen LogP contribution >= 0.6 is 0 Å². The summed E-state index contributed by atoms with van der Waals surface area (Å²) in [6.45, 7) is 0. The van der Waals surface area contributed by atoms with Crippen LogP contribution < -0.4 is 4.74 Å². The molecule has 0 spiro atoms. The summed E-state index contributed by atoms with van der Waals surface area (Å²) in [5.74, 6) is 0.597. The fourth-order valence-electron chi connectivity index (χ4n) is 0.399. The molecule has 0 aliphatic rings. The molecule has 3 heteroatoms. The number of hydrogen-bond donors (Lipinski definition) is 0. The average molecular weight is 110 g/mol. The predicted molar refractivity (Wildman–Crippen MR) is 28.6 cm³/mol. The lowest BCUT2D eigenvalue weighted by atomic mass is 10.6. The molecule has 0 saturated heterocycles. The Labute approximate surface area is 47.3 Å². The first-order valence-electron chi connectivity index (χ1n) is 2.23. The summed E-state index contributed by atoms with van der Waals surface area (Å²) in [6, 6.07) is 1.69. The summed E-state index contributed by atoms with van der Waals surface area (Å²) in [7, 11) is 1.57. The maximum Gasteiger partial charge on any atom is 0.215 e. The Balaban J connectivity index is 2.83. The van der Waals surface area contributed by atoms with Gasteiger partial charge in [-0.15, -0.1) is 0 Å². The molecule has 0 aromatic carbocycles. The fourth-order valence-corrected chi connectivity index (χ4v) is 0.399. The lowest BCUT2D eigenvalue weighted by Gasteiger charge is -1.91. The highest BCUT2D eigenvalue weighted by Gasteiger charge is 1.82. The van der Waals surface area contributed by atoms with Crippen molar-refractivity contribution in [3.05, 3.63) is 18.6 Å². The van der Waals surface area contributed by atoms with Crippen LogP contribution in [-0.4, -0.2) is 17.1 Å². The van der Waals surface area contributed by atoms with E-state index in [1.165, 1.54) is 6.33 Å². The molecule has 1 aromatic heterocycles. The molecular weight excluding hydrogens is 104 g/mol. The summed E-state index contributed by atoms with van der Waals surface area (Å²) in [4.78, 5) is 7.47. The van der Waals surface area contributed by atoms with Crippen molar-refractivity contribution in [2.75, 3.05) is 7.11 Å². The monoisotopic (exact) mass is 110 g/mol. The zero-order valence-electron chi connectivity index (χ0n) is 4.53. The van der Waals surface area contributed by atoms with Crippen LogP contribution in [0.4, 0.5) is 0 Å². The molecule has 0 atom stereocenters. The van der Waals surface area contributed by atoms with Crippen molar-refractivity contribution in [3.63, 3.8) is 0 Å². The molecule has 0 bridgehead atoms. The highest BCUT2D eigenvalue weighted by molar-refractivity contribution is 5.03. The van der Waals surface area contributed by atoms with Crippen molar-refractivity contribution in [1.29, 1.82) is 0 Å². The Kier molecular flexibility index (Phi) is 1.42. The van der Waals surface area contributed by atoms with Crippen LogP contribution in [-0.2, 0) is 0 Å². The Morgan fingerprint density at radius 2 is 2.50 bits per heavy atom. The third-order valence-electron chi connectivity index (χ3n) is 0.764. The van der Waals surface area contributed by atoms with Crippen LogP contribution in [0.25, 0.3) is 0 Å². The number of rotatable bonds is 1. The van der Waals surface area contributed by atoms with E-state index in [0.717, 1.165) is 0 Å². The van der Waals surface area contributed by atoms with Crippen LogP contribution in [0, 0.1) is 0 Å². The maximum atomic E-state index is 4.76. The van der Waals surface area contributed by atoms with E-state index in [4.69, 9.17) is 4.74 Å². The normalized spacial score (nSPS) is 8.62. The van der Waals surface area contributed by atoms with Gasteiger partial charge in [-0.25, -0.2) is 9.97 Å². The fraction of sp³-hybridized carbons (Fsp3) is 0.200. The van der Waals surface area contributed by atoms with E-state index in [1.54, 1.807) is 19.4 Å². The van der Waals surface area contributed by atoms with Crippen molar-refractivity contribution in [3.8, 4) is 5.88 Å². The second-order valence-electron chi connectivity index (χ2n) is 1.25. The minimum atomic E-state index is 0.597. The lowest BCUT2D eigenvalue weighted by molar-refractivity contribution is 0.397. The Hall–Kier alpha value is -1.12. The van der Waals surface area contributed by atoms with E-state index in [-0.39, 0.29) is 0 Å². The minimum Gasteiger partial charge on any atom is -0.481 e. The Morgan fingerprint density at radius 3 is 2.88 bits per heavy atom. The van der Waals surface area contributed by atoms with Gasteiger partial charge in [0, 0.05) is 12.3 Å². The summed E-state index contributed by atoms with van der Waals surface area (Å²) in [5, 5.41) is 0. The lowest BCUT2D eigenvalue weighted by Crippen LogP contribution is -1.85. The van der Waals surface area contributed by atoms with Gasteiger partial charge in [-0.3, -0.25) is 0 Å². The topological polar surface area (TPSA) is 35.0 Å². The van der Waals surface area contributed by atoms with Gasteiger partial charge in [0.15, 0.2) is 0 Å². The molecule has 0 aliphatic carbocycles. The van der Waals surface area contributed by atoms with Gasteiger partial charge in [-0.05, 0) is 0 Å². The van der Waals surface area contributed by atoms with Gasteiger partial charge >= 0.3 is 0 Å². The van der Waals surface area contributed by atoms with Crippen molar-refractivity contribution in [2.24, 2.45) is 0 Å². The Bertz CT molecular complexity index is 152. The van der Waals surface area contributed by atoms with E-state index in [0.29, 0.717) is 5.88 Å². The van der Waals surface area contributed by atoms with Gasteiger partial charge in [0.25, 0.3) is 0 Å². The smallest absolute Gasteiger partial charge is 0.215 e. The molecule has 0 fully saturated rings. The molecule has 1 rings (SSSR count). The summed E-state index contributed by atoms with van der Waals surface area (Å²) in [6.07, 6.45) is 3.07. The minimum absolute atomic E-state index is 0.597. The van der Waals surface area contributed by atoms with Crippen LogP contribution in [0.2, 0.25) is 0 Å². The van der Waals surface area contributed by atoms with Crippen molar-refractivity contribution in [2.45, 2.75) is 0 Å². The zero-order valence-corrected chi connectivity index (χ0v) is 4.53. The highest BCUT2D eigenvalue weighted by atomic mass is 16.5. The van der Waals surface area contributed by atoms with Crippen LogP contribution in [0.1, 0.15) is 0 Å². The second kappa shape index (κ2) is 2.26. The first-order valence-corrected chi connectivity index (χ1v) is 2.23. The van der Waals surface area contributed by atoms with Gasteiger partial charge in [-0.2, -0.15) is 0 Å². The van der Waals surface area contributed by atoms with Gasteiger partial charge in [0.1, 0.15) is 6.33 Å². The van der Waals surface area contributed by atoms with Gasteiger partial charge in [0.2, 0.25) is 5.88 Å². The van der Waals surface area contributed by atoms with Crippen molar-refractivity contribution in [1.82, 2.24) is 9.97 Å². The molecule has 0 aliphatic heterocycles. The third kappa shape index (κ3) is 0.932. The molecule has 8 heavy (non-hydrogen) atoms. The van der Waals surface area contributed by atoms with E-state index in [2.05, 4.69) is 9.97 Å². The van der Waals surface area contributed by atoms with E-state index < -0.39 is 0 Å². The van der Waals surface area contributed by atoms with E-state index in [9.17, 15) is 0 Å². The highest BCUT2D eigenvalue weighted by Crippen LogP contribution is 1.97. The molecule has 0 saturated carbocycles. The van der Waals surface area contributed by atoms with E-state index >= 15 is 0 Å². The van der Waals surface area contributed by atoms with Crippen molar-refractivity contribution < 1.29 is 4.74 Å². The molecule has 1 aromatic rings. The molecular formula is C5H6N2O. The molecule has 0 unspecified atom stereocenters. The molecule has 1 heterocycles. The summed E-state index contributed by atoms with van der Waals surface area (Å²) < 4.78 is 4.76. The van der Waals surface area contributed by atoms with Gasteiger partial charge in [-0.1, -0.05) is 0 Å². The molecule has 3 nitrogen and oxygen atoms in total. The largest absolute Gasteiger partial charge is 0.481 e. The summed E-state index contributed by atoms with van der Waals surface area (Å²) in [5.41, 5.74) is 0. The van der Waals surface area contributed by atoms with E-state index in [1.807, 2.05) is 0 Å². The number of ether oxygens (including phenoxy) is 1. The third-order valence-corrected chi connectivity index (χ3v) is 0.764. The second-order valence-corrected chi connectivity index (χ2v) is 1.25. The SMILES string of the molecule is COc1ccncn1. The standard InChI is InChI=1S/C5H6N2O/c1-8-5-2-3-6-4-7-5/h2-4H,1H3. The first kappa shape index (κ1) is 5.03. The Morgan fingerprint density at radius 1 is 1.62 bits per heavy atom. The first-order chi connectivity index (χ1) is 3.93. The van der Waals surface area contributed by atoms with Crippen molar-refractivity contribution >= 4 is 0 Å². The molecule has 0 radical (unpaired) electrons. The predicted octanol–water partition coefficient (Wildman–Crippen LogP) is 0.485. The van der Waals surface area contributed by atoms with Crippen LogP contribution in [0.3, 0.4) is 0 Å². The summed E-state index contributed by atoms with van der Waals surface area (Å²) >= 11 is 0. The molecule has 0 N–H and O–H groups in total. The maximum absolute atomic E-state index is 4.76. The van der Waals surface area contributed by atoms with Gasteiger partial charge in [0.05, 0.1) is 7.11 Å². The average Bonchev–Trinajstić information content (AvgIpc) is 1.90. The van der Waals surface area contributed by atoms with Crippen LogP contribution in [0.15, 0.2) is 18.6 Å². The number of nitrogens with zero attached hydrogens (tertiary/aromatic N) is 2. The quantitative estimate of drug-likeness (QED) is 0.527. The number of aromatic nitrogens is 2. The zero-order chi connectivity index (χ0) is 5.82. The molecule has 0 amide bonds. The molecule has 42 valence electrons. The number of methoxy groups -OCH3 is 1.